The fourth-order valence-corrected chi connectivity index (χ4v) is 2.67. The van der Waals surface area contributed by atoms with Crippen LogP contribution >= 0.6 is 12.4 Å². The van der Waals surface area contributed by atoms with Gasteiger partial charge in [0.1, 0.15) is 11.6 Å². The van der Waals surface area contributed by atoms with Crippen LogP contribution in [0.1, 0.15) is 17.0 Å². The first-order valence-electron chi connectivity index (χ1n) is 7.77. The van der Waals surface area contributed by atoms with Gasteiger partial charge in [-0.3, -0.25) is 4.79 Å². The van der Waals surface area contributed by atoms with E-state index in [-0.39, 0.29) is 24.7 Å². The zero-order valence-electron chi connectivity index (χ0n) is 13.8. The van der Waals surface area contributed by atoms with E-state index >= 15 is 0 Å². The Bertz CT molecular complexity index is 661. The van der Waals surface area contributed by atoms with E-state index < -0.39 is 0 Å². The fraction of sp³-hybridized carbons (Fsp3) is 0.438. The quantitative estimate of drug-likeness (QED) is 0.872. The lowest BCUT2D eigenvalue weighted by Crippen LogP contribution is -2.43. The predicted molar refractivity (Wildman–Crippen MR) is 94.9 cm³/mol. The van der Waals surface area contributed by atoms with Crippen LogP contribution in [0.3, 0.4) is 0 Å². The minimum Gasteiger partial charge on any atom is -0.368 e. The summed E-state index contributed by atoms with van der Waals surface area (Å²) in [6.07, 6.45) is 2.04. The van der Waals surface area contributed by atoms with Gasteiger partial charge in [0.05, 0.1) is 24.0 Å². The molecule has 0 aliphatic carbocycles. The van der Waals surface area contributed by atoms with E-state index in [1.807, 2.05) is 26.0 Å². The molecule has 1 amide bonds. The summed E-state index contributed by atoms with van der Waals surface area (Å²) >= 11 is 0. The molecular formula is C16H22ClN5O2. The third kappa shape index (κ3) is 4.24. The molecule has 1 aliphatic rings. The van der Waals surface area contributed by atoms with Crippen molar-refractivity contribution in [2.45, 2.75) is 20.3 Å². The summed E-state index contributed by atoms with van der Waals surface area (Å²) in [5.41, 5.74) is 2.66. The number of pyridine rings is 1. The Kier molecular flexibility index (Phi) is 6.16. The molecule has 0 unspecified atom stereocenters. The zero-order valence-corrected chi connectivity index (χ0v) is 14.7. The van der Waals surface area contributed by atoms with Crippen LogP contribution in [0.15, 0.2) is 22.9 Å². The summed E-state index contributed by atoms with van der Waals surface area (Å²) in [5.74, 6) is 1.11. The largest absolute Gasteiger partial charge is 0.368 e. The lowest BCUT2D eigenvalue weighted by atomic mass is 10.1. The van der Waals surface area contributed by atoms with Crippen molar-refractivity contribution in [3.05, 3.63) is 35.3 Å². The highest BCUT2D eigenvalue weighted by molar-refractivity contribution is 5.91. The molecule has 3 heterocycles. The van der Waals surface area contributed by atoms with Crippen LogP contribution in [0, 0.1) is 13.8 Å². The third-order valence-electron chi connectivity index (χ3n) is 4.02. The van der Waals surface area contributed by atoms with Crippen molar-refractivity contribution >= 4 is 29.8 Å². The standard InChI is InChI=1S/C16H21N5O2.ClH/c1-11-14(12(2)23-20-11)9-16(22)19-15-4-3-13(10-18-15)21-7-5-17-6-8-21;/h3-4,10,17H,5-9H2,1-2H3,(H,18,19,22);1H. The van der Waals surface area contributed by atoms with Crippen LogP contribution in [0.4, 0.5) is 11.5 Å². The van der Waals surface area contributed by atoms with E-state index in [0.29, 0.717) is 11.6 Å². The second kappa shape index (κ2) is 8.12. The summed E-state index contributed by atoms with van der Waals surface area (Å²) in [6, 6.07) is 3.83. The number of rotatable bonds is 4. The van der Waals surface area contributed by atoms with E-state index in [1.165, 1.54) is 0 Å². The number of anilines is 2. The normalized spacial score (nSPS) is 14.2. The maximum atomic E-state index is 12.1. The summed E-state index contributed by atoms with van der Waals surface area (Å²) in [5, 5.41) is 9.99. The maximum absolute atomic E-state index is 12.1. The van der Waals surface area contributed by atoms with Crippen molar-refractivity contribution in [3.63, 3.8) is 0 Å². The topological polar surface area (TPSA) is 83.3 Å². The number of carbonyl (C=O) groups excluding carboxylic acids is 1. The van der Waals surface area contributed by atoms with Gasteiger partial charge in [-0.25, -0.2) is 4.98 Å². The molecule has 7 nitrogen and oxygen atoms in total. The Morgan fingerprint density at radius 2 is 2.08 bits per heavy atom. The minimum absolute atomic E-state index is 0. The van der Waals surface area contributed by atoms with Crippen LogP contribution < -0.4 is 15.5 Å². The number of amides is 1. The molecule has 0 atom stereocenters. The SMILES string of the molecule is Cc1noc(C)c1CC(=O)Nc1ccc(N2CCNCC2)cn1.Cl. The van der Waals surface area contributed by atoms with E-state index in [9.17, 15) is 4.79 Å². The number of nitrogens with zero attached hydrogens (tertiary/aromatic N) is 3. The molecule has 0 saturated carbocycles. The van der Waals surface area contributed by atoms with Gasteiger partial charge in [0.15, 0.2) is 0 Å². The molecule has 1 fully saturated rings. The van der Waals surface area contributed by atoms with E-state index in [4.69, 9.17) is 4.52 Å². The number of hydrogen-bond donors (Lipinski definition) is 2. The molecule has 0 aromatic carbocycles. The minimum atomic E-state index is -0.123. The van der Waals surface area contributed by atoms with Crippen LogP contribution in [0.2, 0.25) is 0 Å². The van der Waals surface area contributed by atoms with E-state index in [1.54, 1.807) is 6.20 Å². The molecular weight excluding hydrogens is 330 g/mol. The van der Waals surface area contributed by atoms with Crippen LogP contribution in [0.5, 0.6) is 0 Å². The van der Waals surface area contributed by atoms with Crippen molar-refractivity contribution in [1.82, 2.24) is 15.5 Å². The number of halogens is 1. The van der Waals surface area contributed by atoms with Crippen molar-refractivity contribution in [1.29, 1.82) is 0 Å². The summed E-state index contributed by atoms with van der Waals surface area (Å²) < 4.78 is 5.07. The molecule has 2 aromatic heterocycles. The first-order valence-corrected chi connectivity index (χ1v) is 7.77. The van der Waals surface area contributed by atoms with Crippen molar-refractivity contribution in [2.75, 3.05) is 36.4 Å². The Balaban J connectivity index is 0.00000208. The molecule has 2 N–H and O–H groups in total. The highest BCUT2D eigenvalue weighted by Crippen LogP contribution is 2.17. The Hall–Kier alpha value is -2.12. The van der Waals surface area contributed by atoms with Crippen LogP contribution in [0.25, 0.3) is 0 Å². The van der Waals surface area contributed by atoms with Gasteiger partial charge < -0.3 is 20.1 Å². The van der Waals surface area contributed by atoms with Gasteiger partial charge in [-0.1, -0.05) is 5.16 Å². The Labute approximate surface area is 147 Å². The molecule has 2 aromatic rings. The van der Waals surface area contributed by atoms with E-state index in [2.05, 4.69) is 25.7 Å². The molecule has 0 spiro atoms. The smallest absolute Gasteiger partial charge is 0.230 e. The second-order valence-corrected chi connectivity index (χ2v) is 5.67. The fourth-order valence-electron chi connectivity index (χ4n) is 2.67. The lowest BCUT2D eigenvalue weighted by molar-refractivity contribution is -0.115. The number of carbonyl (C=O) groups is 1. The van der Waals surface area contributed by atoms with Gasteiger partial charge in [0.2, 0.25) is 5.91 Å². The molecule has 0 radical (unpaired) electrons. The molecule has 8 heteroatoms. The van der Waals surface area contributed by atoms with Gasteiger partial charge in [0.25, 0.3) is 0 Å². The highest BCUT2D eigenvalue weighted by atomic mass is 35.5. The molecule has 24 heavy (non-hydrogen) atoms. The van der Waals surface area contributed by atoms with Gasteiger partial charge in [-0.2, -0.15) is 0 Å². The van der Waals surface area contributed by atoms with Gasteiger partial charge in [0, 0.05) is 31.7 Å². The summed E-state index contributed by atoms with van der Waals surface area (Å²) in [4.78, 5) is 18.7. The summed E-state index contributed by atoms with van der Waals surface area (Å²) in [6.45, 7) is 7.55. The van der Waals surface area contributed by atoms with Crippen molar-refractivity contribution < 1.29 is 9.32 Å². The van der Waals surface area contributed by atoms with Crippen molar-refractivity contribution in [3.8, 4) is 0 Å². The van der Waals surface area contributed by atoms with Crippen LogP contribution in [-0.4, -0.2) is 42.2 Å². The average Bonchev–Trinajstić information content (AvgIpc) is 2.88. The van der Waals surface area contributed by atoms with E-state index in [0.717, 1.165) is 43.1 Å². The third-order valence-corrected chi connectivity index (χ3v) is 4.02. The molecule has 1 saturated heterocycles. The number of aryl methyl sites for hydroxylation is 2. The second-order valence-electron chi connectivity index (χ2n) is 5.67. The zero-order chi connectivity index (χ0) is 16.2. The average molecular weight is 352 g/mol. The van der Waals surface area contributed by atoms with Gasteiger partial charge >= 0.3 is 0 Å². The Morgan fingerprint density at radius 1 is 1.33 bits per heavy atom. The highest BCUT2D eigenvalue weighted by Gasteiger charge is 2.14. The monoisotopic (exact) mass is 351 g/mol. The summed E-state index contributed by atoms with van der Waals surface area (Å²) in [7, 11) is 0. The molecule has 3 rings (SSSR count). The number of hydrogen-bond acceptors (Lipinski definition) is 6. The van der Waals surface area contributed by atoms with Crippen molar-refractivity contribution in [2.24, 2.45) is 0 Å². The molecule has 1 aliphatic heterocycles. The number of nitrogens with one attached hydrogen (secondary N) is 2. The Morgan fingerprint density at radius 3 is 2.67 bits per heavy atom. The maximum Gasteiger partial charge on any atom is 0.230 e. The number of piperazine rings is 1. The first-order chi connectivity index (χ1) is 11.1. The molecule has 130 valence electrons. The number of aromatic nitrogens is 2. The lowest BCUT2D eigenvalue weighted by Gasteiger charge is -2.29. The first kappa shape index (κ1) is 18.2. The predicted octanol–water partition coefficient (Wildman–Crippen LogP) is 1.70. The van der Waals surface area contributed by atoms with Gasteiger partial charge in [-0.15, -0.1) is 12.4 Å². The molecule has 0 bridgehead atoms. The van der Waals surface area contributed by atoms with Crippen LogP contribution in [-0.2, 0) is 11.2 Å². The van der Waals surface area contributed by atoms with Gasteiger partial charge in [-0.05, 0) is 26.0 Å².